The molecule has 4 nitrogen and oxygen atoms in total. The van der Waals surface area contributed by atoms with Gasteiger partial charge in [-0.15, -0.1) is 0 Å². The van der Waals surface area contributed by atoms with E-state index in [1.54, 1.807) is 19.9 Å². The van der Waals surface area contributed by atoms with Crippen molar-refractivity contribution in [3.8, 4) is 5.75 Å². The van der Waals surface area contributed by atoms with Crippen molar-refractivity contribution >= 4 is 10.0 Å². The Hall–Kier alpha value is -1.28. The molecule has 0 radical (unpaired) electrons. The topological polar surface area (TPSA) is 69.4 Å². The highest BCUT2D eigenvalue weighted by molar-refractivity contribution is 7.89. The van der Waals surface area contributed by atoms with Crippen molar-refractivity contribution < 1.29 is 26.3 Å². The molecular formula is C11H14F3NO3S. The van der Waals surface area contributed by atoms with Gasteiger partial charge in [-0.1, -0.05) is 6.07 Å². The lowest BCUT2D eigenvalue weighted by atomic mass is 10.1. The summed E-state index contributed by atoms with van der Waals surface area (Å²) < 4.78 is 63.8. The molecule has 1 rings (SSSR count). The van der Waals surface area contributed by atoms with Crippen molar-refractivity contribution in [2.24, 2.45) is 5.14 Å². The van der Waals surface area contributed by atoms with Gasteiger partial charge >= 0.3 is 6.18 Å². The smallest absolute Gasteiger partial charge is 0.392 e. The van der Waals surface area contributed by atoms with E-state index >= 15 is 0 Å². The molecule has 0 aliphatic heterocycles. The van der Waals surface area contributed by atoms with E-state index in [1.165, 1.54) is 6.07 Å². The third-order valence-corrected chi connectivity index (χ3v) is 3.24. The summed E-state index contributed by atoms with van der Waals surface area (Å²) in [6, 6.07) is 2.88. The second kappa shape index (κ2) is 5.38. The van der Waals surface area contributed by atoms with E-state index in [1.807, 2.05) is 0 Å². The van der Waals surface area contributed by atoms with Crippen molar-refractivity contribution in [3.05, 3.63) is 23.3 Å². The Balaban J connectivity index is 3.06. The van der Waals surface area contributed by atoms with E-state index in [4.69, 9.17) is 9.88 Å². The lowest BCUT2D eigenvalue weighted by Gasteiger charge is -2.14. The lowest BCUT2D eigenvalue weighted by Crippen LogP contribution is -2.17. The van der Waals surface area contributed by atoms with Gasteiger partial charge in [-0.3, -0.25) is 0 Å². The second-order valence-corrected chi connectivity index (χ2v) is 5.70. The molecule has 0 heterocycles. The van der Waals surface area contributed by atoms with Gasteiger partial charge in [0.05, 0.1) is 13.0 Å². The van der Waals surface area contributed by atoms with Gasteiger partial charge in [0, 0.05) is 0 Å². The zero-order chi connectivity index (χ0) is 14.8. The van der Waals surface area contributed by atoms with Crippen LogP contribution in [0, 0.1) is 13.8 Å². The molecule has 19 heavy (non-hydrogen) atoms. The Kier molecular flexibility index (Phi) is 4.46. The predicted molar refractivity (Wildman–Crippen MR) is 63.5 cm³/mol. The average molecular weight is 297 g/mol. The van der Waals surface area contributed by atoms with E-state index in [-0.39, 0.29) is 10.6 Å². The summed E-state index contributed by atoms with van der Waals surface area (Å²) in [6.45, 7) is 2.54. The van der Waals surface area contributed by atoms with Crippen molar-refractivity contribution in [3.63, 3.8) is 0 Å². The molecule has 0 aliphatic carbocycles. The summed E-state index contributed by atoms with van der Waals surface area (Å²) in [4.78, 5) is -0.299. The molecule has 2 N–H and O–H groups in total. The number of nitrogens with two attached hydrogens (primary N) is 1. The minimum Gasteiger partial charge on any atom is -0.492 e. The first-order chi connectivity index (χ1) is 8.50. The van der Waals surface area contributed by atoms with Gasteiger partial charge in [0.15, 0.2) is 0 Å². The van der Waals surface area contributed by atoms with Crippen LogP contribution in [0.2, 0.25) is 0 Å². The van der Waals surface area contributed by atoms with Crippen LogP contribution in [-0.4, -0.2) is 21.2 Å². The molecule has 0 aliphatic rings. The molecule has 0 spiro atoms. The van der Waals surface area contributed by atoms with Crippen molar-refractivity contribution in [2.45, 2.75) is 31.3 Å². The highest BCUT2D eigenvalue weighted by Gasteiger charge is 2.27. The van der Waals surface area contributed by atoms with Crippen LogP contribution in [0.25, 0.3) is 0 Å². The fraction of sp³-hybridized carbons (Fsp3) is 0.455. The molecule has 0 amide bonds. The number of hydrogen-bond donors (Lipinski definition) is 1. The third kappa shape index (κ3) is 4.71. The van der Waals surface area contributed by atoms with Crippen molar-refractivity contribution in [1.29, 1.82) is 0 Å². The van der Waals surface area contributed by atoms with Crippen LogP contribution in [0.3, 0.4) is 0 Å². The molecule has 0 fully saturated rings. The van der Waals surface area contributed by atoms with E-state index < -0.39 is 29.2 Å². The molecule has 0 bridgehead atoms. The first-order valence-corrected chi connectivity index (χ1v) is 6.89. The van der Waals surface area contributed by atoms with Gasteiger partial charge in [-0.2, -0.15) is 13.2 Å². The summed E-state index contributed by atoms with van der Waals surface area (Å²) in [5, 5.41) is 5.02. The van der Waals surface area contributed by atoms with Crippen LogP contribution >= 0.6 is 0 Å². The number of halogens is 3. The summed E-state index contributed by atoms with van der Waals surface area (Å²) in [5.74, 6) is -0.127. The molecule has 1 aromatic rings. The van der Waals surface area contributed by atoms with Gasteiger partial charge in [0.2, 0.25) is 10.0 Å². The van der Waals surface area contributed by atoms with Crippen molar-refractivity contribution in [1.82, 2.24) is 0 Å². The summed E-state index contributed by atoms with van der Waals surface area (Å²) in [7, 11) is -4.05. The van der Waals surface area contributed by atoms with Gasteiger partial charge in [0.25, 0.3) is 0 Å². The highest BCUT2D eigenvalue weighted by Crippen LogP contribution is 2.29. The molecular weight excluding hydrogens is 283 g/mol. The number of benzene rings is 1. The molecule has 0 atom stereocenters. The molecule has 0 saturated heterocycles. The summed E-state index contributed by atoms with van der Waals surface area (Å²) in [5.41, 5.74) is 1.05. The van der Waals surface area contributed by atoms with E-state index in [0.717, 1.165) is 0 Å². The van der Waals surface area contributed by atoms with Crippen LogP contribution in [-0.2, 0) is 10.0 Å². The maximum Gasteiger partial charge on any atom is 0.392 e. The summed E-state index contributed by atoms with van der Waals surface area (Å²) >= 11 is 0. The Morgan fingerprint density at radius 2 is 1.84 bits per heavy atom. The molecule has 0 aromatic heterocycles. The van der Waals surface area contributed by atoms with Crippen LogP contribution in [0.5, 0.6) is 5.75 Å². The zero-order valence-corrected chi connectivity index (χ0v) is 11.2. The third-order valence-electron chi connectivity index (χ3n) is 2.32. The van der Waals surface area contributed by atoms with E-state index in [0.29, 0.717) is 11.1 Å². The maximum absolute atomic E-state index is 12.0. The van der Waals surface area contributed by atoms with Crippen LogP contribution in [0.15, 0.2) is 17.0 Å². The Morgan fingerprint density at radius 3 is 2.32 bits per heavy atom. The number of hydrogen-bond acceptors (Lipinski definition) is 3. The normalized spacial score (nSPS) is 12.5. The number of primary sulfonamides is 1. The van der Waals surface area contributed by atoms with E-state index in [2.05, 4.69) is 0 Å². The van der Waals surface area contributed by atoms with Gasteiger partial charge in [-0.25, -0.2) is 13.6 Å². The second-order valence-electron chi connectivity index (χ2n) is 4.17. The SMILES string of the molecule is Cc1cc(C)c(OCCC(F)(F)F)c(S(N)(=O)=O)c1. The Labute approximate surface area is 109 Å². The maximum atomic E-state index is 12.0. The molecule has 0 saturated carbocycles. The van der Waals surface area contributed by atoms with Gasteiger partial charge in [0.1, 0.15) is 10.6 Å². The van der Waals surface area contributed by atoms with Gasteiger partial charge < -0.3 is 4.74 Å². The minimum absolute atomic E-state index is 0.127. The predicted octanol–water partition coefficient (Wildman–Crippen LogP) is 2.28. The van der Waals surface area contributed by atoms with Crippen LogP contribution in [0.1, 0.15) is 17.5 Å². The van der Waals surface area contributed by atoms with Crippen LogP contribution in [0.4, 0.5) is 13.2 Å². The molecule has 108 valence electrons. The monoisotopic (exact) mass is 297 g/mol. The van der Waals surface area contributed by atoms with Crippen LogP contribution < -0.4 is 9.88 Å². The number of ether oxygens (including phenoxy) is 1. The number of aryl methyl sites for hydroxylation is 2. The quantitative estimate of drug-likeness (QED) is 0.927. The first kappa shape index (κ1) is 15.8. The standard InChI is InChI=1S/C11H14F3NO3S/c1-7-5-8(2)10(9(6-7)19(15,16)17)18-4-3-11(12,13)14/h5-6H,3-4H2,1-2H3,(H2,15,16,17). The van der Waals surface area contributed by atoms with Gasteiger partial charge in [-0.05, 0) is 31.0 Å². The van der Waals surface area contributed by atoms with E-state index in [9.17, 15) is 21.6 Å². The minimum atomic E-state index is -4.36. The number of alkyl halides is 3. The highest BCUT2D eigenvalue weighted by atomic mass is 32.2. The Morgan fingerprint density at radius 1 is 1.26 bits per heavy atom. The number of rotatable bonds is 4. The lowest BCUT2D eigenvalue weighted by molar-refractivity contribution is -0.139. The molecule has 8 heteroatoms. The largest absolute Gasteiger partial charge is 0.492 e. The molecule has 0 unspecified atom stereocenters. The fourth-order valence-electron chi connectivity index (χ4n) is 1.58. The Bertz CT molecular complexity index is 567. The van der Waals surface area contributed by atoms with Crippen molar-refractivity contribution in [2.75, 3.05) is 6.61 Å². The first-order valence-electron chi connectivity index (χ1n) is 5.34. The zero-order valence-electron chi connectivity index (χ0n) is 10.4. The fourth-order valence-corrected chi connectivity index (χ4v) is 2.41. The average Bonchev–Trinajstić information content (AvgIpc) is 2.17. The number of sulfonamides is 1. The molecule has 1 aromatic carbocycles. The summed E-state index contributed by atoms with van der Waals surface area (Å²) in [6.07, 6.45) is -5.52.